The summed E-state index contributed by atoms with van der Waals surface area (Å²) < 4.78 is 5.92. The van der Waals surface area contributed by atoms with Crippen LogP contribution in [0.25, 0.3) is 22.2 Å². The van der Waals surface area contributed by atoms with E-state index < -0.39 is 12.1 Å². The van der Waals surface area contributed by atoms with Crippen LogP contribution in [-0.2, 0) is 4.74 Å². The third-order valence-electron chi connectivity index (χ3n) is 5.71. The van der Waals surface area contributed by atoms with E-state index in [0.717, 1.165) is 0 Å². The van der Waals surface area contributed by atoms with Gasteiger partial charge in [0.2, 0.25) is 5.78 Å². The highest BCUT2D eigenvalue weighted by molar-refractivity contribution is 6.33. The number of fused-ring (bicyclic) bond motifs is 1. The molecule has 0 radical (unpaired) electrons. The van der Waals surface area contributed by atoms with Crippen LogP contribution in [0.3, 0.4) is 0 Å². The zero-order chi connectivity index (χ0) is 24.2. The third kappa shape index (κ3) is 4.70. The van der Waals surface area contributed by atoms with Crippen LogP contribution in [0.1, 0.15) is 32.4 Å². The lowest BCUT2D eigenvalue weighted by molar-refractivity contribution is 0.0282. The molecule has 0 N–H and O–H groups in total. The number of nitrogens with zero attached hydrogens (tertiary/aromatic N) is 1. The second-order valence-corrected chi connectivity index (χ2v) is 8.39. The second kappa shape index (κ2) is 9.92. The molecule has 4 nitrogen and oxygen atoms in total. The Bertz CT molecular complexity index is 1520. The first kappa shape index (κ1) is 22.5. The number of carbonyl (C=O) groups is 2. The normalized spacial score (nSPS) is 11.7. The van der Waals surface area contributed by atoms with Gasteiger partial charge in [-0.3, -0.25) is 4.79 Å². The van der Waals surface area contributed by atoms with Crippen LogP contribution in [0.4, 0.5) is 0 Å². The van der Waals surface area contributed by atoms with E-state index >= 15 is 0 Å². The Hall–Kier alpha value is -4.28. The standard InChI is InChI=1S/C30H20ClNO3/c31-25-17-9-7-16-23(25)27-19-24(22-15-8-10-18-26(22)32-27)30(34)35-29(21-13-5-2-6-14-21)28(33)20-11-3-1-4-12-20/h1-19,29H. The Morgan fingerprint density at radius 1 is 0.743 bits per heavy atom. The molecular formula is C30H20ClNO3. The summed E-state index contributed by atoms with van der Waals surface area (Å²) in [6.07, 6.45) is -1.10. The number of hydrogen-bond acceptors (Lipinski definition) is 4. The van der Waals surface area contributed by atoms with Gasteiger partial charge in [-0.2, -0.15) is 0 Å². The fourth-order valence-electron chi connectivity index (χ4n) is 3.98. The first-order chi connectivity index (χ1) is 17.1. The molecule has 1 unspecified atom stereocenters. The van der Waals surface area contributed by atoms with Gasteiger partial charge in [0.25, 0.3) is 0 Å². The molecule has 0 aliphatic carbocycles. The molecule has 1 heterocycles. The number of Topliss-reactive ketones (excluding diaryl/α,β-unsaturated/α-hetero) is 1. The summed E-state index contributed by atoms with van der Waals surface area (Å²) in [6, 6.07) is 34.2. The SMILES string of the molecule is O=C(OC(C(=O)c1ccccc1)c1ccccc1)c1cc(-c2ccccc2Cl)nc2ccccc12. The van der Waals surface area contributed by atoms with Gasteiger partial charge < -0.3 is 4.74 Å². The van der Waals surface area contributed by atoms with Crippen molar-refractivity contribution in [2.75, 3.05) is 0 Å². The zero-order valence-corrected chi connectivity index (χ0v) is 19.4. The number of ether oxygens (including phenoxy) is 1. The number of pyridine rings is 1. The minimum atomic E-state index is -1.10. The number of halogens is 1. The van der Waals surface area contributed by atoms with E-state index in [9.17, 15) is 9.59 Å². The average Bonchev–Trinajstić information content (AvgIpc) is 2.92. The second-order valence-electron chi connectivity index (χ2n) is 7.98. The molecular weight excluding hydrogens is 458 g/mol. The number of ketones is 1. The Balaban J connectivity index is 1.59. The summed E-state index contributed by atoms with van der Waals surface area (Å²) in [5.41, 5.74) is 3.25. The maximum absolute atomic E-state index is 13.6. The molecule has 0 bridgehead atoms. The first-order valence-electron chi connectivity index (χ1n) is 11.1. The number of esters is 1. The van der Waals surface area contributed by atoms with Gasteiger partial charge in [-0.05, 0) is 18.2 Å². The molecule has 1 aromatic heterocycles. The van der Waals surface area contributed by atoms with E-state index in [1.807, 2.05) is 66.7 Å². The molecule has 5 heteroatoms. The van der Waals surface area contributed by atoms with Crippen LogP contribution in [0.2, 0.25) is 5.02 Å². The van der Waals surface area contributed by atoms with Crippen molar-refractivity contribution >= 4 is 34.3 Å². The van der Waals surface area contributed by atoms with Gasteiger partial charge in [0.05, 0.1) is 16.8 Å². The van der Waals surface area contributed by atoms with Crippen molar-refractivity contribution in [2.45, 2.75) is 6.10 Å². The van der Waals surface area contributed by atoms with Crippen molar-refractivity contribution < 1.29 is 14.3 Å². The number of aromatic nitrogens is 1. The molecule has 5 rings (SSSR count). The number of rotatable bonds is 6. The summed E-state index contributed by atoms with van der Waals surface area (Å²) in [4.78, 5) is 31.7. The third-order valence-corrected chi connectivity index (χ3v) is 6.04. The molecule has 0 fully saturated rings. The maximum atomic E-state index is 13.6. The number of carbonyl (C=O) groups excluding carboxylic acids is 2. The van der Waals surface area contributed by atoms with Crippen LogP contribution >= 0.6 is 11.6 Å². The van der Waals surface area contributed by atoms with Crippen molar-refractivity contribution in [3.63, 3.8) is 0 Å². The molecule has 0 amide bonds. The molecule has 0 spiro atoms. The Labute approximate surface area is 207 Å². The van der Waals surface area contributed by atoms with Crippen molar-refractivity contribution in [2.24, 2.45) is 0 Å². The number of para-hydroxylation sites is 1. The smallest absolute Gasteiger partial charge is 0.339 e. The van der Waals surface area contributed by atoms with E-state index in [-0.39, 0.29) is 5.78 Å². The summed E-state index contributed by atoms with van der Waals surface area (Å²) in [5.74, 6) is -0.912. The van der Waals surface area contributed by atoms with Crippen molar-refractivity contribution in [1.29, 1.82) is 0 Å². The van der Waals surface area contributed by atoms with Crippen LogP contribution < -0.4 is 0 Å². The summed E-state index contributed by atoms with van der Waals surface area (Å²) in [5, 5.41) is 1.16. The van der Waals surface area contributed by atoms with Gasteiger partial charge in [-0.25, -0.2) is 9.78 Å². The van der Waals surface area contributed by atoms with Gasteiger partial charge in [0, 0.05) is 27.1 Å². The average molecular weight is 478 g/mol. The van der Waals surface area contributed by atoms with Crippen molar-refractivity contribution in [1.82, 2.24) is 4.98 Å². The molecule has 0 aliphatic heterocycles. The lowest BCUT2D eigenvalue weighted by Gasteiger charge is -2.18. The van der Waals surface area contributed by atoms with Gasteiger partial charge in [0.15, 0.2) is 6.10 Å². The van der Waals surface area contributed by atoms with Crippen LogP contribution in [-0.4, -0.2) is 16.7 Å². The molecule has 0 aliphatic rings. The van der Waals surface area contributed by atoms with Crippen LogP contribution in [0.5, 0.6) is 0 Å². The van der Waals surface area contributed by atoms with Gasteiger partial charge in [-0.15, -0.1) is 0 Å². The Kier molecular flexibility index (Phi) is 6.38. The molecule has 170 valence electrons. The Morgan fingerprint density at radius 3 is 2.11 bits per heavy atom. The predicted octanol–water partition coefficient (Wildman–Crippen LogP) is 7.34. The fraction of sp³-hybridized carbons (Fsp3) is 0.0333. The predicted molar refractivity (Wildman–Crippen MR) is 138 cm³/mol. The summed E-state index contributed by atoms with van der Waals surface area (Å²) in [7, 11) is 0. The largest absolute Gasteiger partial charge is 0.445 e. The maximum Gasteiger partial charge on any atom is 0.339 e. The molecule has 0 saturated heterocycles. The zero-order valence-electron chi connectivity index (χ0n) is 18.6. The summed E-state index contributed by atoms with van der Waals surface area (Å²) >= 11 is 6.41. The first-order valence-corrected chi connectivity index (χ1v) is 11.5. The molecule has 5 aromatic rings. The van der Waals surface area contributed by atoms with E-state index in [1.165, 1.54) is 0 Å². The highest BCUT2D eigenvalue weighted by Crippen LogP contribution is 2.31. The van der Waals surface area contributed by atoms with E-state index in [0.29, 0.717) is 43.9 Å². The van der Waals surface area contributed by atoms with E-state index in [1.54, 1.807) is 48.5 Å². The van der Waals surface area contributed by atoms with Crippen molar-refractivity contribution in [3.8, 4) is 11.3 Å². The molecule has 4 aromatic carbocycles. The van der Waals surface area contributed by atoms with Gasteiger partial charge in [0.1, 0.15) is 0 Å². The van der Waals surface area contributed by atoms with Crippen molar-refractivity contribution in [3.05, 3.63) is 137 Å². The lowest BCUT2D eigenvalue weighted by Crippen LogP contribution is -2.20. The molecule has 0 saturated carbocycles. The van der Waals surface area contributed by atoms with Crippen LogP contribution in [0, 0.1) is 0 Å². The molecule has 1 atom stereocenters. The minimum absolute atomic E-state index is 0.296. The highest BCUT2D eigenvalue weighted by Gasteiger charge is 2.28. The number of hydrogen-bond donors (Lipinski definition) is 0. The van der Waals surface area contributed by atoms with Crippen LogP contribution in [0.15, 0.2) is 115 Å². The molecule has 35 heavy (non-hydrogen) atoms. The van der Waals surface area contributed by atoms with Gasteiger partial charge in [-0.1, -0.05) is 109 Å². The minimum Gasteiger partial charge on any atom is -0.445 e. The van der Waals surface area contributed by atoms with E-state index in [2.05, 4.69) is 0 Å². The topological polar surface area (TPSA) is 56.3 Å². The fourth-order valence-corrected chi connectivity index (χ4v) is 4.21. The van der Waals surface area contributed by atoms with E-state index in [4.69, 9.17) is 21.3 Å². The monoisotopic (exact) mass is 477 g/mol. The number of benzene rings is 4. The quantitative estimate of drug-likeness (QED) is 0.190. The van der Waals surface area contributed by atoms with Gasteiger partial charge >= 0.3 is 5.97 Å². The lowest BCUT2D eigenvalue weighted by atomic mass is 9.99. The Morgan fingerprint density at radius 2 is 1.37 bits per heavy atom. The highest BCUT2D eigenvalue weighted by atomic mass is 35.5. The summed E-state index contributed by atoms with van der Waals surface area (Å²) in [6.45, 7) is 0.